The van der Waals surface area contributed by atoms with Crippen LogP contribution in [0.25, 0.3) is 0 Å². The van der Waals surface area contributed by atoms with Crippen LogP contribution in [-0.4, -0.2) is 45.2 Å². The van der Waals surface area contributed by atoms with Gasteiger partial charge in [0.25, 0.3) is 0 Å². The molecule has 0 bridgehead atoms. The van der Waals surface area contributed by atoms with Gasteiger partial charge in [0.15, 0.2) is 0 Å². The van der Waals surface area contributed by atoms with Gasteiger partial charge in [0.1, 0.15) is 5.82 Å². The number of rotatable bonds is 5. The van der Waals surface area contributed by atoms with E-state index in [2.05, 4.69) is 29.2 Å². The van der Waals surface area contributed by atoms with Crippen LogP contribution in [0.1, 0.15) is 18.4 Å². The van der Waals surface area contributed by atoms with E-state index >= 15 is 0 Å². The normalized spacial score (nSPS) is 19.4. The molecule has 3 nitrogen and oxygen atoms in total. The van der Waals surface area contributed by atoms with Gasteiger partial charge in [-0.2, -0.15) is 0 Å². The van der Waals surface area contributed by atoms with Gasteiger partial charge in [-0.3, -0.25) is 0 Å². The van der Waals surface area contributed by atoms with Crippen molar-refractivity contribution in [2.75, 3.05) is 39.1 Å². The Labute approximate surface area is 115 Å². The van der Waals surface area contributed by atoms with Crippen LogP contribution in [0.5, 0.6) is 0 Å². The molecule has 1 atom stereocenters. The number of halogens is 1. The van der Waals surface area contributed by atoms with Gasteiger partial charge in [-0.05, 0) is 45.6 Å². The lowest BCUT2D eigenvalue weighted by atomic mass is 10.1. The highest BCUT2D eigenvalue weighted by Crippen LogP contribution is 2.31. The van der Waals surface area contributed by atoms with E-state index in [1.807, 2.05) is 13.1 Å². The first kappa shape index (κ1) is 14.3. The van der Waals surface area contributed by atoms with Gasteiger partial charge in [0.2, 0.25) is 0 Å². The van der Waals surface area contributed by atoms with Crippen molar-refractivity contribution in [1.82, 2.24) is 10.2 Å². The lowest BCUT2D eigenvalue weighted by molar-refractivity contribution is 0.371. The van der Waals surface area contributed by atoms with Crippen LogP contribution in [-0.2, 0) is 6.54 Å². The van der Waals surface area contributed by atoms with Crippen LogP contribution < -0.4 is 10.2 Å². The molecule has 1 aliphatic rings. The minimum atomic E-state index is -0.0987. The van der Waals surface area contributed by atoms with Gasteiger partial charge in [-0.1, -0.05) is 12.1 Å². The molecule has 1 aromatic rings. The zero-order valence-electron chi connectivity index (χ0n) is 12.1. The number of nitrogens with zero attached hydrogens (tertiary/aromatic N) is 2. The minimum Gasteiger partial charge on any atom is -0.365 e. The predicted octanol–water partition coefficient (Wildman–Crippen LogP) is 2.08. The van der Waals surface area contributed by atoms with Crippen molar-refractivity contribution in [1.29, 1.82) is 0 Å². The topological polar surface area (TPSA) is 18.5 Å². The summed E-state index contributed by atoms with van der Waals surface area (Å²) in [6.45, 7) is 2.64. The number of nitrogens with one attached hydrogen (secondary N) is 1. The molecule has 1 unspecified atom stereocenters. The zero-order chi connectivity index (χ0) is 13.8. The van der Waals surface area contributed by atoms with Crippen LogP contribution in [0.3, 0.4) is 0 Å². The highest BCUT2D eigenvalue weighted by atomic mass is 19.1. The second-order valence-electron chi connectivity index (χ2n) is 5.53. The Balaban J connectivity index is 2.29. The van der Waals surface area contributed by atoms with Crippen molar-refractivity contribution < 1.29 is 4.39 Å². The molecule has 0 aromatic heterocycles. The monoisotopic (exact) mass is 265 g/mol. The molecule has 1 saturated heterocycles. The smallest absolute Gasteiger partial charge is 0.146 e. The fourth-order valence-corrected chi connectivity index (χ4v) is 2.96. The van der Waals surface area contributed by atoms with Gasteiger partial charge in [0, 0.05) is 25.7 Å². The van der Waals surface area contributed by atoms with Gasteiger partial charge in [-0.25, -0.2) is 4.39 Å². The van der Waals surface area contributed by atoms with Gasteiger partial charge >= 0.3 is 0 Å². The lowest BCUT2D eigenvalue weighted by Crippen LogP contribution is -2.38. The molecule has 0 saturated carbocycles. The molecule has 0 aliphatic carbocycles. The Morgan fingerprint density at radius 1 is 1.42 bits per heavy atom. The van der Waals surface area contributed by atoms with Crippen molar-refractivity contribution in [3.05, 3.63) is 29.6 Å². The molecular formula is C15H24FN3. The quantitative estimate of drug-likeness (QED) is 0.879. The van der Waals surface area contributed by atoms with Crippen LogP contribution in [0, 0.1) is 5.82 Å². The first-order valence-electron chi connectivity index (χ1n) is 6.97. The van der Waals surface area contributed by atoms with E-state index in [-0.39, 0.29) is 5.82 Å². The van der Waals surface area contributed by atoms with Gasteiger partial charge in [-0.15, -0.1) is 0 Å². The van der Waals surface area contributed by atoms with E-state index < -0.39 is 0 Å². The number of benzene rings is 1. The summed E-state index contributed by atoms with van der Waals surface area (Å²) in [7, 11) is 6.05. The summed E-state index contributed by atoms with van der Waals surface area (Å²) in [5.74, 6) is -0.0987. The minimum absolute atomic E-state index is 0.0987. The Morgan fingerprint density at radius 2 is 2.21 bits per heavy atom. The second-order valence-corrected chi connectivity index (χ2v) is 5.53. The SMILES string of the molecule is CNCc1cccc(F)c1N1CCCC1CN(C)C. The van der Waals surface area contributed by atoms with Crippen LogP contribution >= 0.6 is 0 Å². The third-order valence-electron chi connectivity index (χ3n) is 3.68. The van der Waals surface area contributed by atoms with E-state index in [4.69, 9.17) is 0 Å². The lowest BCUT2D eigenvalue weighted by Gasteiger charge is -2.31. The summed E-state index contributed by atoms with van der Waals surface area (Å²) >= 11 is 0. The molecular weight excluding hydrogens is 241 g/mol. The van der Waals surface area contributed by atoms with E-state index in [9.17, 15) is 4.39 Å². The summed E-state index contributed by atoms with van der Waals surface area (Å²) in [6, 6.07) is 5.80. The first-order chi connectivity index (χ1) is 9.13. The molecule has 1 heterocycles. The van der Waals surface area contributed by atoms with Crippen LogP contribution in [0.4, 0.5) is 10.1 Å². The van der Waals surface area contributed by atoms with Crippen molar-refractivity contribution in [2.45, 2.75) is 25.4 Å². The highest BCUT2D eigenvalue weighted by molar-refractivity contribution is 5.56. The van der Waals surface area contributed by atoms with Gasteiger partial charge in [0.05, 0.1) is 5.69 Å². The Morgan fingerprint density at radius 3 is 2.89 bits per heavy atom. The molecule has 1 fully saturated rings. The third kappa shape index (κ3) is 3.25. The summed E-state index contributed by atoms with van der Waals surface area (Å²) in [5, 5.41) is 3.13. The molecule has 0 radical (unpaired) electrons. The summed E-state index contributed by atoms with van der Waals surface area (Å²) in [4.78, 5) is 4.43. The van der Waals surface area contributed by atoms with Crippen molar-refractivity contribution >= 4 is 5.69 Å². The maximum atomic E-state index is 14.3. The number of hydrogen-bond donors (Lipinski definition) is 1. The van der Waals surface area contributed by atoms with E-state index in [0.29, 0.717) is 12.6 Å². The van der Waals surface area contributed by atoms with Crippen molar-refractivity contribution in [3.63, 3.8) is 0 Å². The molecule has 2 rings (SSSR count). The Hall–Kier alpha value is -1.13. The summed E-state index contributed by atoms with van der Waals surface area (Å²) in [6.07, 6.45) is 2.29. The molecule has 106 valence electrons. The molecule has 19 heavy (non-hydrogen) atoms. The average Bonchev–Trinajstić information content (AvgIpc) is 2.77. The van der Waals surface area contributed by atoms with E-state index in [1.165, 1.54) is 0 Å². The maximum absolute atomic E-state index is 14.3. The van der Waals surface area contributed by atoms with E-state index in [0.717, 1.165) is 37.2 Å². The maximum Gasteiger partial charge on any atom is 0.146 e. The Kier molecular flexibility index (Phi) is 4.77. The van der Waals surface area contributed by atoms with E-state index in [1.54, 1.807) is 12.1 Å². The predicted molar refractivity (Wildman–Crippen MR) is 78.1 cm³/mol. The summed E-state index contributed by atoms with van der Waals surface area (Å²) < 4.78 is 14.3. The Bertz CT molecular complexity index is 420. The average molecular weight is 265 g/mol. The molecule has 1 aromatic carbocycles. The van der Waals surface area contributed by atoms with Crippen LogP contribution in [0.15, 0.2) is 18.2 Å². The highest BCUT2D eigenvalue weighted by Gasteiger charge is 2.28. The molecule has 0 amide bonds. The van der Waals surface area contributed by atoms with Crippen molar-refractivity contribution in [2.24, 2.45) is 0 Å². The molecule has 1 aliphatic heterocycles. The fourth-order valence-electron chi connectivity index (χ4n) is 2.96. The fraction of sp³-hybridized carbons (Fsp3) is 0.600. The zero-order valence-corrected chi connectivity index (χ0v) is 12.1. The number of para-hydroxylation sites is 1. The number of hydrogen-bond acceptors (Lipinski definition) is 3. The number of anilines is 1. The van der Waals surface area contributed by atoms with Crippen molar-refractivity contribution in [3.8, 4) is 0 Å². The first-order valence-corrected chi connectivity index (χ1v) is 6.97. The molecule has 4 heteroatoms. The second kappa shape index (κ2) is 6.35. The standard InChI is InChI=1S/C15H24FN3/c1-17-10-12-6-4-8-14(16)15(12)19-9-5-7-13(19)11-18(2)3/h4,6,8,13,17H,5,7,9-11H2,1-3H3. The summed E-state index contributed by atoms with van der Waals surface area (Å²) in [5.41, 5.74) is 1.84. The molecule has 1 N–H and O–H groups in total. The third-order valence-corrected chi connectivity index (χ3v) is 3.68. The number of likely N-dealkylation sites (N-methyl/N-ethyl adjacent to an activating group) is 1. The molecule has 0 spiro atoms. The van der Waals surface area contributed by atoms with Gasteiger partial charge < -0.3 is 15.1 Å². The van der Waals surface area contributed by atoms with Crippen LogP contribution in [0.2, 0.25) is 0 Å². The largest absolute Gasteiger partial charge is 0.365 e.